The maximum absolute atomic E-state index is 13.3. The first-order valence-corrected chi connectivity index (χ1v) is 12.8. The van der Waals surface area contributed by atoms with Crippen LogP contribution in [0.25, 0.3) is 0 Å². The normalized spacial score (nSPS) is 21.6. The van der Waals surface area contributed by atoms with Crippen LogP contribution >= 0.6 is 0 Å². The summed E-state index contributed by atoms with van der Waals surface area (Å²) in [7, 11) is -2.58. The van der Waals surface area contributed by atoms with E-state index >= 15 is 0 Å². The summed E-state index contributed by atoms with van der Waals surface area (Å²) in [5, 5.41) is 16.7. The Bertz CT molecular complexity index is 1150. The van der Waals surface area contributed by atoms with Gasteiger partial charge >= 0.3 is 16.2 Å². The zero-order valence-electron chi connectivity index (χ0n) is 18.6. The Balaban J connectivity index is 1.37. The Morgan fingerprint density at radius 1 is 1.24 bits per heavy atom. The molecule has 2 heterocycles. The number of benzene rings is 1. The number of nitrogens with zero attached hydrogens (tertiary/aromatic N) is 3. The fraction of sp³-hybridized carbons (Fsp3) is 0.545. The number of fused-ring (bicyclic) bond motifs is 2. The van der Waals surface area contributed by atoms with E-state index in [0.29, 0.717) is 12.1 Å². The molecule has 1 aromatic carbocycles. The number of aromatic nitrogens is 2. The highest BCUT2D eigenvalue weighted by Gasteiger charge is 2.33. The molecule has 10 nitrogen and oxygen atoms in total. The van der Waals surface area contributed by atoms with Gasteiger partial charge in [0, 0.05) is 25.4 Å². The van der Waals surface area contributed by atoms with Crippen LogP contribution in [0.2, 0.25) is 0 Å². The molecule has 0 bridgehead atoms. The molecule has 0 saturated carbocycles. The van der Waals surface area contributed by atoms with Crippen LogP contribution in [-0.2, 0) is 47.7 Å². The molecule has 2 amide bonds. The Morgan fingerprint density at radius 2 is 1.94 bits per heavy atom. The number of aryl methyl sites for hydroxylation is 3. The summed E-state index contributed by atoms with van der Waals surface area (Å²) < 4.78 is 36.8. The van der Waals surface area contributed by atoms with E-state index in [0.717, 1.165) is 59.6 Å². The molecule has 178 valence electrons. The van der Waals surface area contributed by atoms with Crippen molar-refractivity contribution in [2.24, 2.45) is 7.05 Å². The number of anilines is 2. The fourth-order valence-corrected chi connectivity index (χ4v) is 6.29. The van der Waals surface area contributed by atoms with Gasteiger partial charge in [-0.15, -0.1) is 0 Å². The Labute approximate surface area is 193 Å². The second kappa shape index (κ2) is 8.62. The molecule has 3 N–H and O–H groups in total. The van der Waals surface area contributed by atoms with E-state index in [4.69, 9.17) is 4.74 Å². The van der Waals surface area contributed by atoms with E-state index < -0.39 is 28.4 Å². The van der Waals surface area contributed by atoms with E-state index in [9.17, 15) is 18.3 Å². The zero-order valence-corrected chi connectivity index (χ0v) is 19.4. The van der Waals surface area contributed by atoms with Crippen molar-refractivity contribution >= 4 is 27.6 Å². The summed E-state index contributed by atoms with van der Waals surface area (Å²) in [6, 6.07) is 1.47. The molecule has 0 radical (unpaired) electrons. The van der Waals surface area contributed by atoms with Gasteiger partial charge in [-0.1, -0.05) is 6.07 Å². The maximum Gasteiger partial charge on any atom is 0.334 e. The molecule has 33 heavy (non-hydrogen) atoms. The summed E-state index contributed by atoms with van der Waals surface area (Å²) >= 11 is 0. The second-order valence-electron chi connectivity index (χ2n) is 9.04. The first-order chi connectivity index (χ1) is 15.8. The number of aliphatic hydroxyl groups excluding tert-OH is 1. The molecule has 1 fully saturated rings. The Kier molecular flexibility index (Phi) is 5.79. The maximum atomic E-state index is 13.3. The summed E-state index contributed by atoms with van der Waals surface area (Å²) in [5.74, 6) is 0. The first kappa shape index (κ1) is 22.2. The third kappa shape index (κ3) is 4.44. The largest absolute Gasteiger partial charge is 0.391 e. The van der Waals surface area contributed by atoms with Crippen LogP contribution in [0.4, 0.5) is 16.2 Å². The third-order valence-corrected chi connectivity index (χ3v) is 8.01. The fourth-order valence-electron chi connectivity index (χ4n) is 5.16. The number of carbonyl (C=O) groups is 1. The molecule has 1 saturated heterocycles. The van der Waals surface area contributed by atoms with Crippen LogP contribution in [-0.4, -0.2) is 54.7 Å². The number of nitrogens with one attached hydrogen (secondary N) is 2. The van der Waals surface area contributed by atoms with Gasteiger partial charge in [0.1, 0.15) is 0 Å². The molecule has 0 unspecified atom stereocenters. The van der Waals surface area contributed by atoms with Crippen molar-refractivity contribution in [3.05, 3.63) is 40.7 Å². The second-order valence-corrected chi connectivity index (χ2v) is 10.6. The smallest absolute Gasteiger partial charge is 0.334 e. The lowest BCUT2D eigenvalue weighted by Gasteiger charge is -2.25. The number of hydrogen-bond donors (Lipinski definition) is 3. The standard InChI is InChI=1S/C22H29N5O5S/c1-26-11-16(10-23-26)27(12-18-9-17(28)13-32-18)33(30,31)25-22(29)24-21-19-6-2-4-14(19)8-15-5-3-7-20(15)21/h8,10-11,17-18,28H,2-7,9,12-13H2,1H3,(H2,24,25,29)/t17-,18-/m0/s1. The van der Waals surface area contributed by atoms with Gasteiger partial charge in [-0.05, 0) is 60.8 Å². The minimum atomic E-state index is -4.26. The molecule has 11 heteroatoms. The van der Waals surface area contributed by atoms with Gasteiger partial charge in [-0.2, -0.15) is 13.5 Å². The van der Waals surface area contributed by atoms with Crippen LogP contribution in [0, 0.1) is 0 Å². The van der Waals surface area contributed by atoms with E-state index in [2.05, 4.69) is 21.2 Å². The summed E-state index contributed by atoms with van der Waals surface area (Å²) in [6.45, 7) is 0.116. The third-order valence-electron chi connectivity index (χ3n) is 6.63. The molecule has 0 spiro atoms. The molecule has 2 atom stereocenters. The van der Waals surface area contributed by atoms with E-state index in [1.54, 1.807) is 13.2 Å². The van der Waals surface area contributed by atoms with Crippen LogP contribution in [0.3, 0.4) is 0 Å². The minimum Gasteiger partial charge on any atom is -0.391 e. The predicted molar refractivity (Wildman–Crippen MR) is 122 cm³/mol. The van der Waals surface area contributed by atoms with Crippen LogP contribution in [0.1, 0.15) is 41.5 Å². The van der Waals surface area contributed by atoms with Crippen molar-refractivity contribution in [3.63, 3.8) is 0 Å². The van der Waals surface area contributed by atoms with Crippen LogP contribution < -0.4 is 14.3 Å². The van der Waals surface area contributed by atoms with Crippen molar-refractivity contribution < 1.29 is 23.1 Å². The van der Waals surface area contributed by atoms with Crippen molar-refractivity contribution in [2.75, 3.05) is 22.8 Å². The van der Waals surface area contributed by atoms with E-state index in [-0.39, 0.29) is 13.2 Å². The van der Waals surface area contributed by atoms with Gasteiger partial charge in [-0.25, -0.2) is 13.8 Å². The zero-order chi connectivity index (χ0) is 23.2. The summed E-state index contributed by atoms with van der Waals surface area (Å²) in [5.41, 5.74) is 5.84. The summed E-state index contributed by atoms with van der Waals surface area (Å²) in [4.78, 5) is 12.9. The average molecular weight is 476 g/mol. The van der Waals surface area contributed by atoms with Crippen molar-refractivity contribution in [1.29, 1.82) is 0 Å². The van der Waals surface area contributed by atoms with Gasteiger partial charge < -0.3 is 15.2 Å². The SMILES string of the molecule is Cn1cc(N(C[C@@H]2C[C@H](O)CO2)S(=O)(=O)NC(=O)Nc2c3c(cc4c2CCC4)CCC3)cn1. The lowest BCUT2D eigenvalue weighted by molar-refractivity contribution is 0.0930. The highest BCUT2D eigenvalue weighted by atomic mass is 32.2. The van der Waals surface area contributed by atoms with Crippen molar-refractivity contribution in [2.45, 2.75) is 57.2 Å². The van der Waals surface area contributed by atoms with Crippen molar-refractivity contribution in [1.82, 2.24) is 14.5 Å². The predicted octanol–water partition coefficient (Wildman–Crippen LogP) is 1.42. The van der Waals surface area contributed by atoms with Gasteiger partial charge in [0.05, 0.1) is 37.2 Å². The van der Waals surface area contributed by atoms with Gasteiger partial charge in [0.25, 0.3) is 0 Å². The minimum absolute atomic E-state index is 0.0402. The summed E-state index contributed by atoms with van der Waals surface area (Å²) in [6.07, 6.45) is 7.98. The number of carbonyl (C=O) groups excluding carboxylic acids is 1. The number of amides is 2. The number of ether oxygens (including phenoxy) is 1. The molecule has 5 rings (SSSR count). The average Bonchev–Trinajstić information content (AvgIpc) is 3.53. The van der Waals surface area contributed by atoms with Crippen molar-refractivity contribution in [3.8, 4) is 0 Å². The number of urea groups is 1. The number of rotatable bonds is 6. The monoisotopic (exact) mass is 475 g/mol. The Hall–Kier alpha value is -2.63. The molecule has 2 aliphatic carbocycles. The highest BCUT2D eigenvalue weighted by molar-refractivity contribution is 7.91. The van der Waals surface area contributed by atoms with Gasteiger partial charge in [0.15, 0.2) is 0 Å². The number of aliphatic hydroxyl groups is 1. The van der Waals surface area contributed by atoms with E-state index in [1.165, 1.54) is 22.0 Å². The van der Waals surface area contributed by atoms with Gasteiger partial charge in [0.2, 0.25) is 0 Å². The number of hydrogen-bond acceptors (Lipinski definition) is 6. The van der Waals surface area contributed by atoms with Crippen LogP contribution in [0.15, 0.2) is 18.5 Å². The lowest BCUT2D eigenvalue weighted by Crippen LogP contribution is -2.48. The van der Waals surface area contributed by atoms with Crippen LogP contribution in [0.5, 0.6) is 0 Å². The molecular formula is C22H29N5O5S. The van der Waals surface area contributed by atoms with E-state index in [1.807, 2.05) is 0 Å². The molecule has 1 aromatic heterocycles. The molecule has 3 aliphatic rings. The first-order valence-electron chi connectivity index (χ1n) is 11.4. The lowest BCUT2D eigenvalue weighted by atomic mass is 9.99. The topological polar surface area (TPSA) is 126 Å². The molecule has 1 aliphatic heterocycles. The quantitative estimate of drug-likeness (QED) is 0.580. The van der Waals surface area contributed by atoms with Gasteiger partial charge in [-0.3, -0.25) is 4.68 Å². The Morgan fingerprint density at radius 3 is 2.52 bits per heavy atom. The highest BCUT2D eigenvalue weighted by Crippen LogP contribution is 2.38. The molecule has 2 aromatic rings. The molecular weight excluding hydrogens is 446 g/mol.